The van der Waals surface area contributed by atoms with Gasteiger partial charge in [0.2, 0.25) is 0 Å². The van der Waals surface area contributed by atoms with Crippen LogP contribution in [0.4, 0.5) is 0 Å². The van der Waals surface area contributed by atoms with E-state index in [-0.39, 0.29) is 12.6 Å². The summed E-state index contributed by atoms with van der Waals surface area (Å²) in [6.07, 6.45) is 5.72. The molecule has 0 rings (SSSR count). The molecule has 0 saturated heterocycles. The second kappa shape index (κ2) is 8.27. The third-order valence-corrected chi connectivity index (χ3v) is 1.32. The number of ether oxygens (including phenoxy) is 1. The van der Waals surface area contributed by atoms with Gasteiger partial charge in [-0.05, 0) is 26.2 Å². The van der Waals surface area contributed by atoms with Gasteiger partial charge in [0.15, 0.2) is 0 Å². The Balaban J connectivity index is 3.29. The Labute approximate surface area is 73.0 Å². The maximum atomic E-state index is 10.7. The number of hydrogen-bond donors (Lipinski definition) is 1. The molecular weight excluding hydrogens is 156 g/mol. The fraction of sp³-hybridized carbons (Fsp3) is 0.667. The highest BCUT2D eigenvalue weighted by Gasteiger charge is 1.91. The lowest BCUT2D eigenvalue weighted by Gasteiger charge is -1.94. The van der Waals surface area contributed by atoms with Gasteiger partial charge in [0, 0.05) is 12.7 Å². The van der Waals surface area contributed by atoms with E-state index in [0.29, 0.717) is 6.61 Å². The Morgan fingerprint density at radius 2 is 2.25 bits per heavy atom. The zero-order valence-corrected chi connectivity index (χ0v) is 7.45. The van der Waals surface area contributed by atoms with Gasteiger partial charge < -0.3 is 9.84 Å². The Kier molecular flexibility index (Phi) is 7.70. The maximum Gasteiger partial charge on any atom is 0.330 e. The molecule has 0 aromatic heterocycles. The predicted octanol–water partition coefficient (Wildman–Crippen LogP) is 1.27. The van der Waals surface area contributed by atoms with Crippen LogP contribution in [0.25, 0.3) is 0 Å². The average molecular weight is 172 g/mol. The van der Waals surface area contributed by atoms with Crippen LogP contribution in [0.5, 0.6) is 0 Å². The van der Waals surface area contributed by atoms with Gasteiger partial charge in [-0.15, -0.1) is 0 Å². The zero-order valence-electron chi connectivity index (χ0n) is 7.45. The molecule has 0 atom stereocenters. The minimum atomic E-state index is -0.290. The number of carbonyl (C=O) groups is 1. The van der Waals surface area contributed by atoms with E-state index in [4.69, 9.17) is 5.11 Å². The summed E-state index contributed by atoms with van der Waals surface area (Å²) >= 11 is 0. The Morgan fingerprint density at radius 1 is 1.50 bits per heavy atom. The van der Waals surface area contributed by atoms with Crippen LogP contribution in [0.15, 0.2) is 12.2 Å². The Hall–Kier alpha value is -0.830. The number of aliphatic hydroxyl groups excluding tert-OH is 1. The number of unbranched alkanes of at least 4 members (excludes halogenated alkanes) is 2. The van der Waals surface area contributed by atoms with E-state index in [1.165, 1.54) is 6.08 Å². The van der Waals surface area contributed by atoms with E-state index in [2.05, 4.69) is 4.74 Å². The molecule has 70 valence electrons. The molecule has 0 radical (unpaired) electrons. The number of rotatable bonds is 6. The molecule has 0 amide bonds. The standard InChI is InChI=1S/C9H16O3/c1-2-12-9(11)7-5-3-4-6-8-10/h5,7,10H,2-4,6,8H2,1H3. The van der Waals surface area contributed by atoms with Gasteiger partial charge >= 0.3 is 5.97 Å². The molecule has 0 unspecified atom stereocenters. The number of allylic oxidation sites excluding steroid dienone is 1. The number of esters is 1. The zero-order chi connectivity index (χ0) is 9.23. The molecule has 0 heterocycles. The first-order valence-corrected chi connectivity index (χ1v) is 4.25. The summed E-state index contributed by atoms with van der Waals surface area (Å²) in [5.74, 6) is -0.290. The second-order valence-electron chi connectivity index (χ2n) is 2.37. The maximum absolute atomic E-state index is 10.7. The first-order valence-electron chi connectivity index (χ1n) is 4.25. The third-order valence-electron chi connectivity index (χ3n) is 1.32. The highest BCUT2D eigenvalue weighted by molar-refractivity contribution is 5.81. The molecule has 0 aliphatic heterocycles. The molecular formula is C9H16O3. The van der Waals surface area contributed by atoms with Crippen molar-refractivity contribution in [3.05, 3.63) is 12.2 Å². The monoisotopic (exact) mass is 172 g/mol. The predicted molar refractivity (Wildman–Crippen MR) is 46.7 cm³/mol. The van der Waals surface area contributed by atoms with Crippen LogP contribution in [0.1, 0.15) is 26.2 Å². The summed E-state index contributed by atoms with van der Waals surface area (Å²) < 4.78 is 4.67. The number of aliphatic hydroxyl groups is 1. The Bertz CT molecular complexity index is 141. The highest BCUT2D eigenvalue weighted by atomic mass is 16.5. The summed E-state index contributed by atoms with van der Waals surface area (Å²) in [4.78, 5) is 10.7. The molecule has 1 N–H and O–H groups in total. The molecule has 0 aliphatic carbocycles. The molecule has 3 heteroatoms. The van der Waals surface area contributed by atoms with E-state index in [9.17, 15) is 4.79 Å². The second-order valence-corrected chi connectivity index (χ2v) is 2.37. The number of hydrogen-bond acceptors (Lipinski definition) is 3. The highest BCUT2D eigenvalue weighted by Crippen LogP contribution is 1.95. The van der Waals surface area contributed by atoms with Gasteiger partial charge in [-0.2, -0.15) is 0 Å². The summed E-state index contributed by atoms with van der Waals surface area (Å²) in [7, 11) is 0. The fourth-order valence-corrected chi connectivity index (χ4v) is 0.744. The van der Waals surface area contributed by atoms with E-state index in [0.717, 1.165) is 19.3 Å². The summed E-state index contributed by atoms with van der Waals surface area (Å²) in [6, 6.07) is 0. The minimum Gasteiger partial charge on any atom is -0.463 e. The molecule has 12 heavy (non-hydrogen) atoms. The van der Waals surface area contributed by atoms with Gasteiger partial charge in [0.25, 0.3) is 0 Å². The third kappa shape index (κ3) is 7.28. The van der Waals surface area contributed by atoms with Crippen LogP contribution in [0.2, 0.25) is 0 Å². The van der Waals surface area contributed by atoms with Crippen molar-refractivity contribution in [3.63, 3.8) is 0 Å². The van der Waals surface area contributed by atoms with Crippen molar-refractivity contribution in [2.45, 2.75) is 26.2 Å². The molecule has 0 bridgehead atoms. The summed E-state index contributed by atoms with van der Waals surface area (Å²) in [5.41, 5.74) is 0. The van der Waals surface area contributed by atoms with Crippen molar-refractivity contribution < 1.29 is 14.6 Å². The minimum absolute atomic E-state index is 0.216. The first kappa shape index (κ1) is 11.2. The lowest BCUT2D eigenvalue weighted by molar-refractivity contribution is -0.137. The first-order chi connectivity index (χ1) is 5.81. The molecule has 0 spiro atoms. The van der Waals surface area contributed by atoms with Crippen LogP contribution < -0.4 is 0 Å². The molecule has 0 aromatic rings. The van der Waals surface area contributed by atoms with E-state index in [1.807, 2.05) is 0 Å². The van der Waals surface area contributed by atoms with Crippen molar-refractivity contribution in [1.82, 2.24) is 0 Å². The molecule has 0 aromatic carbocycles. The van der Waals surface area contributed by atoms with Gasteiger partial charge in [-0.25, -0.2) is 4.79 Å². The SMILES string of the molecule is CCOC(=O)C=CCCCCO. The van der Waals surface area contributed by atoms with Crippen LogP contribution in [0, 0.1) is 0 Å². The normalized spacial score (nSPS) is 10.5. The van der Waals surface area contributed by atoms with Crippen LogP contribution in [0.3, 0.4) is 0 Å². The lowest BCUT2D eigenvalue weighted by atomic mass is 10.2. The van der Waals surface area contributed by atoms with E-state index < -0.39 is 0 Å². The van der Waals surface area contributed by atoms with Gasteiger partial charge in [0.1, 0.15) is 0 Å². The molecule has 0 saturated carbocycles. The van der Waals surface area contributed by atoms with Gasteiger partial charge in [-0.1, -0.05) is 6.08 Å². The summed E-state index contributed by atoms with van der Waals surface area (Å²) in [6.45, 7) is 2.41. The lowest BCUT2D eigenvalue weighted by Crippen LogP contribution is -1.98. The molecule has 3 nitrogen and oxygen atoms in total. The van der Waals surface area contributed by atoms with Crippen LogP contribution in [-0.2, 0) is 9.53 Å². The van der Waals surface area contributed by atoms with Gasteiger partial charge in [0.05, 0.1) is 6.61 Å². The summed E-state index contributed by atoms with van der Waals surface area (Å²) in [5, 5.41) is 8.44. The smallest absolute Gasteiger partial charge is 0.330 e. The largest absolute Gasteiger partial charge is 0.463 e. The topological polar surface area (TPSA) is 46.5 Å². The van der Waals surface area contributed by atoms with E-state index >= 15 is 0 Å². The van der Waals surface area contributed by atoms with Crippen molar-refractivity contribution >= 4 is 5.97 Å². The van der Waals surface area contributed by atoms with Crippen molar-refractivity contribution in [3.8, 4) is 0 Å². The quantitative estimate of drug-likeness (QED) is 0.373. The van der Waals surface area contributed by atoms with Gasteiger partial charge in [-0.3, -0.25) is 0 Å². The number of carbonyl (C=O) groups excluding carboxylic acids is 1. The molecule has 0 fully saturated rings. The van der Waals surface area contributed by atoms with Crippen molar-refractivity contribution in [2.24, 2.45) is 0 Å². The van der Waals surface area contributed by atoms with Crippen molar-refractivity contribution in [2.75, 3.05) is 13.2 Å². The van der Waals surface area contributed by atoms with Crippen LogP contribution >= 0.6 is 0 Å². The average Bonchev–Trinajstić information content (AvgIpc) is 2.05. The van der Waals surface area contributed by atoms with E-state index in [1.54, 1.807) is 13.0 Å². The molecule has 0 aliphatic rings. The van der Waals surface area contributed by atoms with Crippen molar-refractivity contribution in [1.29, 1.82) is 0 Å². The fourth-order valence-electron chi connectivity index (χ4n) is 0.744. The van der Waals surface area contributed by atoms with Crippen LogP contribution in [-0.4, -0.2) is 24.3 Å². The Morgan fingerprint density at radius 3 is 2.83 bits per heavy atom.